The molecule has 1 unspecified atom stereocenters. The minimum atomic E-state index is -0.381. The highest BCUT2D eigenvalue weighted by molar-refractivity contribution is 6.33. The molecule has 1 aliphatic heterocycles. The number of carbonyl (C=O) groups is 2. The predicted octanol–water partition coefficient (Wildman–Crippen LogP) is 3.95. The molecule has 124 valence electrons. The molecular weight excluding hydrogens is 324 g/mol. The monoisotopic (exact) mass is 342 g/mol. The van der Waals surface area contributed by atoms with Gasteiger partial charge in [-0.05, 0) is 43.2 Å². The second-order valence-electron chi connectivity index (χ2n) is 6.09. The van der Waals surface area contributed by atoms with Crippen molar-refractivity contribution >= 4 is 34.8 Å². The molecule has 0 bridgehead atoms. The van der Waals surface area contributed by atoms with Crippen molar-refractivity contribution in [1.29, 1.82) is 0 Å². The molecule has 2 aromatic carbocycles. The average molecular weight is 343 g/mol. The van der Waals surface area contributed by atoms with Gasteiger partial charge < -0.3 is 10.2 Å². The summed E-state index contributed by atoms with van der Waals surface area (Å²) >= 11 is 6.17. The molecule has 2 amide bonds. The van der Waals surface area contributed by atoms with Crippen LogP contribution in [0.2, 0.25) is 5.02 Å². The first kappa shape index (κ1) is 16.5. The van der Waals surface area contributed by atoms with Gasteiger partial charge >= 0.3 is 0 Å². The van der Waals surface area contributed by atoms with Gasteiger partial charge in [0, 0.05) is 18.7 Å². The number of amides is 2. The third-order valence-corrected chi connectivity index (χ3v) is 4.82. The van der Waals surface area contributed by atoms with E-state index in [-0.39, 0.29) is 24.2 Å². The molecule has 4 nitrogen and oxygen atoms in total. The number of carbonyl (C=O) groups excluding carboxylic acids is 2. The number of benzene rings is 2. The number of hydrogen-bond donors (Lipinski definition) is 1. The van der Waals surface area contributed by atoms with Crippen LogP contribution in [0, 0.1) is 19.8 Å². The topological polar surface area (TPSA) is 49.4 Å². The van der Waals surface area contributed by atoms with E-state index in [4.69, 9.17) is 11.6 Å². The Labute approximate surface area is 146 Å². The summed E-state index contributed by atoms with van der Waals surface area (Å²) in [6.07, 6.45) is 0.196. The van der Waals surface area contributed by atoms with E-state index in [0.29, 0.717) is 17.3 Å². The van der Waals surface area contributed by atoms with Crippen molar-refractivity contribution in [2.75, 3.05) is 16.8 Å². The molecule has 5 heteroatoms. The molecule has 0 aromatic heterocycles. The Morgan fingerprint density at radius 1 is 1.17 bits per heavy atom. The van der Waals surface area contributed by atoms with Crippen molar-refractivity contribution in [3.63, 3.8) is 0 Å². The maximum Gasteiger partial charge on any atom is 0.229 e. The van der Waals surface area contributed by atoms with E-state index >= 15 is 0 Å². The standard InChI is InChI=1S/C19H19ClN2O2/c1-12-6-5-8-16(13(12)2)21-19(24)14-10-18(23)22(11-14)17-9-4-3-7-15(17)20/h3-9,14H,10-11H2,1-2H3,(H,21,24). The zero-order valence-electron chi connectivity index (χ0n) is 13.7. The summed E-state index contributed by atoms with van der Waals surface area (Å²) < 4.78 is 0. The minimum Gasteiger partial charge on any atom is -0.326 e. The molecule has 0 saturated carbocycles. The van der Waals surface area contributed by atoms with Crippen molar-refractivity contribution in [2.24, 2.45) is 5.92 Å². The summed E-state index contributed by atoms with van der Waals surface area (Å²) in [4.78, 5) is 26.5. The molecule has 0 aliphatic carbocycles. The molecule has 1 atom stereocenters. The van der Waals surface area contributed by atoms with E-state index in [2.05, 4.69) is 5.32 Å². The molecule has 1 aliphatic rings. The highest BCUT2D eigenvalue weighted by Gasteiger charge is 2.36. The SMILES string of the molecule is Cc1cccc(NC(=O)C2CC(=O)N(c3ccccc3Cl)C2)c1C. The van der Waals surface area contributed by atoms with Crippen LogP contribution in [0.3, 0.4) is 0 Å². The van der Waals surface area contributed by atoms with Crippen LogP contribution in [0.5, 0.6) is 0 Å². The zero-order chi connectivity index (χ0) is 17.3. The largest absolute Gasteiger partial charge is 0.326 e. The average Bonchev–Trinajstić information content (AvgIpc) is 2.94. The molecule has 1 heterocycles. The maximum absolute atomic E-state index is 12.6. The minimum absolute atomic E-state index is 0.0794. The van der Waals surface area contributed by atoms with Crippen molar-refractivity contribution in [1.82, 2.24) is 0 Å². The van der Waals surface area contributed by atoms with Crippen LogP contribution in [-0.2, 0) is 9.59 Å². The molecule has 3 rings (SSSR count). The van der Waals surface area contributed by atoms with E-state index in [1.807, 2.05) is 44.2 Å². The normalized spacial score (nSPS) is 17.2. The van der Waals surface area contributed by atoms with E-state index < -0.39 is 0 Å². The van der Waals surface area contributed by atoms with E-state index in [9.17, 15) is 9.59 Å². The van der Waals surface area contributed by atoms with Crippen molar-refractivity contribution in [3.05, 3.63) is 58.6 Å². The van der Waals surface area contributed by atoms with Gasteiger partial charge in [-0.2, -0.15) is 0 Å². The second-order valence-corrected chi connectivity index (χ2v) is 6.50. The van der Waals surface area contributed by atoms with Gasteiger partial charge in [0.15, 0.2) is 0 Å². The summed E-state index contributed by atoms with van der Waals surface area (Å²) in [7, 11) is 0. The summed E-state index contributed by atoms with van der Waals surface area (Å²) in [6, 6.07) is 13.0. The van der Waals surface area contributed by atoms with Crippen LogP contribution in [-0.4, -0.2) is 18.4 Å². The van der Waals surface area contributed by atoms with Gasteiger partial charge in [-0.1, -0.05) is 35.9 Å². The molecule has 1 fully saturated rings. The van der Waals surface area contributed by atoms with Crippen LogP contribution in [0.15, 0.2) is 42.5 Å². The van der Waals surface area contributed by atoms with Gasteiger partial charge in [0.1, 0.15) is 0 Å². The molecule has 2 aromatic rings. The number of rotatable bonds is 3. The Hall–Kier alpha value is -2.33. The fourth-order valence-corrected chi connectivity index (χ4v) is 3.15. The van der Waals surface area contributed by atoms with E-state index in [0.717, 1.165) is 16.8 Å². The lowest BCUT2D eigenvalue weighted by molar-refractivity contribution is -0.122. The zero-order valence-corrected chi connectivity index (χ0v) is 14.4. The predicted molar refractivity (Wildman–Crippen MR) is 96.5 cm³/mol. The van der Waals surface area contributed by atoms with Crippen LogP contribution in [0.4, 0.5) is 11.4 Å². The van der Waals surface area contributed by atoms with Crippen LogP contribution < -0.4 is 10.2 Å². The number of nitrogens with zero attached hydrogens (tertiary/aromatic N) is 1. The van der Waals surface area contributed by atoms with Gasteiger partial charge in [-0.25, -0.2) is 0 Å². The first-order chi connectivity index (χ1) is 11.5. The lowest BCUT2D eigenvalue weighted by Gasteiger charge is -2.18. The number of nitrogens with one attached hydrogen (secondary N) is 1. The highest BCUT2D eigenvalue weighted by atomic mass is 35.5. The fourth-order valence-electron chi connectivity index (χ4n) is 2.91. The van der Waals surface area contributed by atoms with Crippen molar-refractivity contribution in [3.8, 4) is 0 Å². The molecular formula is C19H19ClN2O2. The Kier molecular flexibility index (Phi) is 4.58. The quantitative estimate of drug-likeness (QED) is 0.918. The summed E-state index contributed by atoms with van der Waals surface area (Å²) in [5.41, 5.74) is 3.61. The number of anilines is 2. The van der Waals surface area contributed by atoms with Gasteiger partial charge in [-0.15, -0.1) is 0 Å². The van der Waals surface area contributed by atoms with Gasteiger partial charge in [0.2, 0.25) is 11.8 Å². The van der Waals surface area contributed by atoms with Gasteiger partial charge in [0.05, 0.1) is 16.6 Å². The van der Waals surface area contributed by atoms with Crippen molar-refractivity contribution in [2.45, 2.75) is 20.3 Å². The first-order valence-corrected chi connectivity index (χ1v) is 8.27. The number of aryl methyl sites for hydroxylation is 1. The smallest absolute Gasteiger partial charge is 0.229 e. The van der Waals surface area contributed by atoms with Crippen LogP contribution >= 0.6 is 11.6 Å². The van der Waals surface area contributed by atoms with Crippen LogP contribution in [0.1, 0.15) is 17.5 Å². The van der Waals surface area contributed by atoms with Gasteiger partial charge in [0.25, 0.3) is 0 Å². The lowest BCUT2D eigenvalue weighted by Crippen LogP contribution is -2.28. The second kappa shape index (κ2) is 6.65. The molecule has 24 heavy (non-hydrogen) atoms. The molecule has 1 N–H and O–H groups in total. The summed E-state index contributed by atoms with van der Waals surface area (Å²) in [5.74, 6) is -0.593. The lowest BCUT2D eigenvalue weighted by atomic mass is 10.1. The Bertz CT molecular complexity index is 804. The van der Waals surface area contributed by atoms with E-state index in [1.165, 1.54) is 0 Å². The van der Waals surface area contributed by atoms with Gasteiger partial charge in [-0.3, -0.25) is 9.59 Å². The van der Waals surface area contributed by atoms with E-state index in [1.54, 1.807) is 17.0 Å². The Morgan fingerprint density at radius 2 is 1.92 bits per heavy atom. The maximum atomic E-state index is 12.6. The fraction of sp³-hybridized carbons (Fsp3) is 0.263. The Morgan fingerprint density at radius 3 is 2.67 bits per heavy atom. The highest BCUT2D eigenvalue weighted by Crippen LogP contribution is 2.31. The number of hydrogen-bond acceptors (Lipinski definition) is 2. The molecule has 0 radical (unpaired) electrons. The third kappa shape index (κ3) is 3.15. The number of para-hydroxylation sites is 1. The summed E-state index contributed by atoms with van der Waals surface area (Å²) in [5, 5.41) is 3.46. The van der Waals surface area contributed by atoms with Crippen molar-refractivity contribution < 1.29 is 9.59 Å². The molecule has 1 saturated heterocycles. The van der Waals surface area contributed by atoms with Crippen LogP contribution in [0.25, 0.3) is 0 Å². The Balaban J connectivity index is 1.75. The summed E-state index contributed by atoms with van der Waals surface area (Å²) in [6.45, 7) is 4.32. The first-order valence-electron chi connectivity index (χ1n) is 7.89. The third-order valence-electron chi connectivity index (χ3n) is 4.50. The molecule has 0 spiro atoms. The number of halogens is 1.